The Hall–Kier alpha value is -1.06. The van der Waals surface area contributed by atoms with Crippen LogP contribution < -0.4 is 10.1 Å². The summed E-state index contributed by atoms with van der Waals surface area (Å²) in [6, 6.07) is 8.27. The summed E-state index contributed by atoms with van der Waals surface area (Å²) in [4.78, 5) is 0. The second kappa shape index (κ2) is 8.94. The van der Waals surface area contributed by atoms with Gasteiger partial charge in [0.1, 0.15) is 5.75 Å². The van der Waals surface area contributed by atoms with E-state index >= 15 is 0 Å². The van der Waals surface area contributed by atoms with Crippen molar-refractivity contribution in [2.75, 3.05) is 13.2 Å². The Balaban J connectivity index is 2.16. The summed E-state index contributed by atoms with van der Waals surface area (Å²) in [5.74, 6) is 0.934. The Morgan fingerprint density at radius 3 is 2.26 bits per heavy atom. The van der Waals surface area contributed by atoms with Gasteiger partial charge in [0.2, 0.25) is 0 Å². The second-order valence-corrected chi connectivity index (χ2v) is 5.26. The largest absolute Gasteiger partial charge is 0.491 e. The van der Waals surface area contributed by atoms with Crippen molar-refractivity contribution in [3.05, 3.63) is 29.8 Å². The van der Waals surface area contributed by atoms with Gasteiger partial charge in [-0.2, -0.15) is 0 Å². The average Bonchev–Trinajstić information content (AvgIpc) is 2.34. The summed E-state index contributed by atoms with van der Waals surface area (Å²) in [7, 11) is 0. The quantitative estimate of drug-likeness (QED) is 0.694. The van der Waals surface area contributed by atoms with Crippen LogP contribution in [0.15, 0.2) is 24.3 Å². The third kappa shape index (κ3) is 7.85. The fourth-order valence-electron chi connectivity index (χ4n) is 1.71. The summed E-state index contributed by atoms with van der Waals surface area (Å²) < 4.78 is 11.1. The molecule has 0 unspecified atom stereocenters. The van der Waals surface area contributed by atoms with Crippen LogP contribution >= 0.6 is 0 Å². The van der Waals surface area contributed by atoms with Crippen LogP contribution in [0.2, 0.25) is 0 Å². The molecule has 1 aromatic rings. The van der Waals surface area contributed by atoms with Gasteiger partial charge in [-0.1, -0.05) is 12.1 Å². The first kappa shape index (κ1) is 16.0. The van der Waals surface area contributed by atoms with E-state index in [-0.39, 0.29) is 6.10 Å². The molecule has 0 amide bonds. The zero-order chi connectivity index (χ0) is 14.1. The van der Waals surface area contributed by atoms with Crippen molar-refractivity contribution in [1.82, 2.24) is 5.32 Å². The van der Waals surface area contributed by atoms with Gasteiger partial charge in [0, 0.05) is 13.2 Å². The topological polar surface area (TPSA) is 30.5 Å². The van der Waals surface area contributed by atoms with Gasteiger partial charge < -0.3 is 14.8 Å². The summed E-state index contributed by atoms with van der Waals surface area (Å²) in [5.41, 5.74) is 1.28. The Labute approximate surface area is 117 Å². The maximum absolute atomic E-state index is 5.61. The van der Waals surface area contributed by atoms with Crippen LogP contribution in [-0.2, 0) is 11.3 Å². The molecule has 0 aromatic heterocycles. The van der Waals surface area contributed by atoms with Gasteiger partial charge in [-0.3, -0.25) is 0 Å². The predicted molar refractivity (Wildman–Crippen MR) is 79.6 cm³/mol. The van der Waals surface area contributed by atoms with Crippen LogP contribution in [0.25, 0.3) is 0 Å². The van der Waals surface area contributed by atoms with Crippen molar-refractivity contribution in [3.63, 3.8) is 0 Å². The lowest BCUT2D eigenvalue weighted by molar-refractivity contribution is 0.0770. The SMILES string of the molecule is CC(C)OCCCNCc1ccc(OC(C)C)cc1. The minimum Gasteiger partial charge on any atom is -0.491 e. The van der Waals surface area contributed by atoms with E-state index in [4.69, 9.17) is 9.47 Å². The van der Waals surface area contributed by atoms with Crippen molar-refractivity contribution < 1.29 is 9.47 Å². The Bertz CT molecular complexity index is 333. The van der Waals surface area contributed by atoms with E-state index in [0.29, 0.717) is 6.10 Å². The van der Waals surface area contributed by atoms with Crippen molar-refractivity contribution in [1.29, 1.82) is 0 Å². The van der Waals surface area contributed by atoms with Gasteiger partial charge in [0.05, 0.1) is 12.2 Å². The van der Waals surface area contributed by atoms with Crippen molar-refractivity contribution in [2.45, 2.75) is 52.9 Å². The molecule has 0 aliphatic rings. The maximum atomic E-state index is 5.61. The molecule has 1 aromatic carbocycles. The molecular weight excluding hydrogens is 238 g/mol. The normalized spacial score (nSPS) is 11.3. The maximum Gasteiger partial charge on any atom is 0.119 e. The molecule has 0 fully saturated rings. The average molecular weight is 265 g/mol. The highest BCUT2D eigenvalue weighted by Gasteiger charge is 1.98. The van der Waals surface area contributed by atoms with E-state index in [9.17, 15) is 0 Å². The van der Waals surface area contributed by atoms with Gasteiger partial charge in [0.25, 0.3) is 0 Å². The van der Waals surface area contributed by atoms with E-state index in [1.807, 2.05) is 26.0 Å². The molecule has 0 aliphatic carbocycles. The Kier molecular flexibility index (Phi) is 7.53. The minimum atomic E-state index is 0.227. The van der Waals surface area contributed by atoms with Gasteiger partial charge in [-0.05, 0) is 58.4 Å². The first-order chi connectivity index (χ1) is 9.08. The fraction of sp³-hybridized carbons (Fsp3) is 0.625. The van der Waals surface area contributed by atoms with E-state index in [0.717, 1.165) is 31.9 Å². The smallest absolute Gasteiger partial charge is 0.119 e. The summed E-state index contributed by atoms with van der Waals surface area (Å²) in [6.07, 6.45) is 1.60. The molecule has 1 rings (SSSR count). The number of hydrogen-bond donors (Lipinski definition) is 1. The third-order valence-corrected chi connectivity index (χ3v) is 2.57. The highest BCUT2D eigenvalue weighted by atomic mass is 16.5. The molecule has 19 heavy (non-hydrogen) atoms. The summed E-state index contributed by atoms with van der Waals surface area (Å²) >= 11 is 0. The van der Waals surface area contributed by atoms with Crippen LogP contribution in [0.5, 0.6) is 5.75 Å². The lowest BCUT2D eigenvalue weighted by Gasteiger charge is -2.11. The van der Waals surface area contributed by atoms with Crippen LogP contribution in [-0.4, -0.2) is 25.4 Å². The fourth-order valence-corrected chi connectivity index (χ4v) is 1.71. The molecule has 0 saturated carbocycles. The molecule has 3 nitrogen and oxygen atoms in total. The zero-order valence-electron chi connectivity index (χ0n) is 12.6. The van der Waals surface area contributed by atoms with Gasteiger partial charge >= 0.3 is 0 Å². The highest BCUT2D eigenvalue weighted by molar-refractivity contribution is 5.27. The molecule has 0 spiro atoms. The van der Waals surface area contributed by atoms with Crippen LogP contribution in [0, 0.1) is 0 Å². The highest BCUT2D eigenvalue weighted by Crippen LogP contribution is 2.13. The lowest BCUT2D eigenvalue weighted by atomic mass is 10.2. The first-order valence-electron chi connectivity index (χ1n) is 7.16. The molecule has 0 heterocycles. The van der Waals surface area contributed by atoms with Crippen LogP contribution in [0.1, 0.15) is 39.7 Å². The van der Waals surface area contributed by atoms with Crippen molar-refractivity contribution in [2.24, 2.45) is 0 Å². The van der Waals surface area contributed by atoms with Gasteiger partial charge in [-0.25, -0.2) is 0 Å². The molecule has 0 aliphatic heterocycles. The monoisotopic (exact) mass is 265 g/mol. The minimum absolute atomic E-state index is 0.227. The number of rotatable bonds is 9. The van der Waals surface area contributed by atoms with Gasteiger partial charge in [-0.15, -0.1) is 0 Å². The number of hydrogen-bond acceptors (Lipinski definition) is 3. The number of ether oxygens (including phenoxy) is 2. The van der Waals surface area contributed by atoms with Crippen molar-refractivity contribution in [3.8, 4) is 5.75 Å². The standard InChI is InChI=1S/C16H27NO2/c1-13(2)18-11-5-10-17-12-15-6-8-16(9-7-15)19-14(3)4/h6-9,13-14,17H,5,10-12H2,1-4H3. The number of nitrogens with one attached hydrogen (secondary N) is 1. The Morgan fingerprint density at radius 1 is 1.00 bits per heavy atom. The molecular formula is C16H27NO2. The first-order valence-corrected chi connectivity index (χ1v) is 7.16. The van der Waals surface area contributed by atoms with Crippen LogP contribution in [0.3, 0.4) is 0 Å². The molecule has 1 N–H and O–H groups in total. The van der Waals surface area contributed by atoms with Gasteiger partial charge in [0.15, 0.2) is 0 Å². The third-order valence-electron chi connectivity index (χ3n) is 2.57. The van der Waals surface area contributed by atoms with E-state index in [1.165, 1.54) is 5.56 Å². The second-order valence-electron chi connectivity index (χ2n) is 5.26. The molecule has 3 heteroatoms. The van der Waals surface area contributed by atoms with E-state index in [2.05, 4.69) is 31.3 Å². The van der Waals surface area contributed by atoms with Crippen molar-refractivity contribution >= 4 is 0 Å². The molecule has 0 saturated heterocycles. The molecule has 0 atom stereocenters. The summed E-state index contributed by atoms with van der Waals surface area (Å²) in [5, 5.41) is 3.41. The molecule has 0 bridgehead atoms. The van der Waals surface area contributed by atoms with E-state index < -0.39 is 0 Å². The molecule has 108 valence electrons. The zero-order valence-corrected chi connectivity index (χ0v) is 12.6. The predicted octanol–water partition coefficient (Wildman–Crippen LogP) is 3.38. The Morgan fingerprint density at radius 2 is 1.68 bits per heavy atom. The lowest BCUT2D eigenvalue weighted by Crippen LogP contribution is -2.17. The number of benzene rings is 1. The van der Waals surface area contributed by atoms with E-state index in [1.54, 1.807) is 0 Å². The molecule has 0 radical (unpaired) electrons. The van der Waals surface area contributed by atoms with Crippen LogP contribution in [0.4, 0.5) is 0 Å². The summed E-state index contributed by atoms with van der Waals surface area (Å²) in [6.45, 7) is 10.9.